The van der Waals surface area contributed by atoms with E-state index in [1.165, 1.54) is 5.56 Å². The van der Waals surface area contributed by atoms with Gasteiger partial charge in [0.25, 0.3) is 0 Å². The first-order valence-corrected chi connectivity index (χ1v) is 7.93. The Morgan fingerprint density at radius 3 is 2.15 bits per heavy atom. The minimum Gasteiger partial charge on any atom is -0.506 e. The highest BCUT2D eigenvalue weighted by molar-refractivity contribution is 7.99. The Morgan fingerprint density at radius 2 is 1.70 bits per heavy atom. The molecule has 0 saturated carbocycles. The molecule has 3 heteroatoms. The molecule has 0 unspecified atom stereocenters. The van der Waals surface area contributed by atoms with E-state index in [1.807, 2.05) is 0 Å². The summed E-state index contributed by atoms with van der Waals surface area (Å²) in [6, 6.07) is 6.32. The fourth-order valence-electron chi connectivity index (χ4n) is 1.93. The van der Waals surface area contributed by atoms with Gasteiger partial charge in [0.1, 0.15) is 5.75 Å². The summed E-state index contributed by atoms with van der Waals surface area (Å²) in [5.74, 6) is 1.08. The van der Waals surface area contributed by atoms with E-state index < -0.39 is 0 Å². The van der Waals surface area contributed by atoms with Gasteiger partial charge in [-0.15, -0.1) is 11.8 Å². The van der Waals surface area contributed by atoms with Crippen LogP contribution in [0.4, 0.5) is 0 Å². The predicted octanol–water partition coefficient (Wildman–Crippen LogP) is 4.99. The minimum atomic E-state index is -0.101. The first kappa shape index (κ1) is 16.9. The van der Waals surface area contributed by atoms with Gasteiger partial charge < -0.3 is 5.11 Å². The molecule has 0 radical (unpaired) electrons. The molecule has 0 fully saturated rings. The van der Waals surface area contributed by atoms with Gasteiger partial charge in [-0.2, -0.15) is 5.26 Å². The van der Waals surface area contributed by atoms with Crippen molar-refractivity contribution in [3.05, 3.63) is 23.3 Å². The Kier molecular flexibility index (Phi) is 5.15. The summed E-state index contributed by atoms with van der Waals surface area (Å²) < 4.78 is 0. The average molecular weight is 291 g/mol. The van der Waals surface area contributed by atoms with Crippen LogP contribution in [0.3, 0.4) is 0 Å². The van der Waals surface area contributed by atoms with Crippen molar-refractivity contribution in [2.75, 3.05) is 5.75 Å². The van der Waals surface area contributed by atoms with Crippen LogP contribution in [0.25, 0.3) is 0 Å². The molecule has 20 heavy (non-hydrogen) atoms. The molecule has 110 valence electrons. The smallest absolute Gasteiger partial charge is 0.132 e. The van der Waals surface area contributed by atoms with Crippen molar-refractivity contribution in [2.45, 2.75) is 63.7 Å². The molecule has 1 aromatic rings. The summed E-state index contributed by atoms with van der Waals surface area (Å²) in [7, 11) is 0. The molecule has 0 amide bonds. The highest BCUT2D eigenvalue weighted by Crippen LogP contribution is 2.41. The zero-order chi connectivity index (χ0) is 15.6. The molecule has 0 atom stereocenters. The molecular formula is C17H25NOS. The maximum atomic E-state index is 10.5. The molecule has 1 rings (SSSR count). The summed E-state index contributed by atoms with van der Waals surface area (Å²) in [5, 5.41) is 19.2. The lowest BCUT2D eigenvalue weighted by Crippen LogP contribution is -2.16. The fourth-order valence-corrected chi connectivity index (χ4v) is 2.80. The SMILES string of the molecule is CC(C)(C)c1cc(SCCC#N)c(O)c(C(C)(C)C)c1. The number of phenols is 1. The fraction of sp³-hybridized carbons (Fsp3) is 0.588. The van der Waals surface area contributed by atoms with Crippen molar-refractivity contribution < 1.29 is 5.11 Å². The molecule has 0 heterocycles. The van der Waals surface area contributed by atoms with Crippen molar-refractivity contribution in [1.82, 2.24) is 0 Å². The minimum absolute atomic E-state index is 0.0399. The molecule has 2 nitrogen and oxygen atoms in total. The lowest BCUT2D eigenvalue weighted by Gasteiger charge is -2.27. The molecule has 0 aliphatic heterocycles. The lowest BCUT2D eigenvalue weighted by atomic mass is 9.80. The topological polar surface area (TPSA) is 44.0 Å². The number of phenolic OH excluding ortho intramolecular Hbond substituents is 1. The largest absolute Gasteiger partial charge is 0.506 e. The van der Waals surface area contributed by atoms with E-state index in [9.17, 15) is 5.11 Å². The van der Waals surface area contributed by atoms with Gasteiger partial charge in [0.05, 0.1) is 6.07 Å². The maximum absolute atomic E-state index is 10.5. The van der Waals surface area contributed by atoms with Crippen LogP contribution in [0.15, 0.2) is 17.0 Å². The quantitative estimate of drug-likeness (QED) is 0.630. The van der Waals surface area contributed by atoms with Crippen LogP contribution in [-0.4, -0.2) is 10.9 Å². The van der Waals surface area contributed by atoms with Gasteiger partial charge in [-0.3, -0.25) is 0 Å². The first-order chi connectivity index (χ1) is 9.07. The van der Waals surface area contributed by atoms with Crippen molar-refractivity contribution in [1.29, 1.82) is 5.26 Å². The number of hydrogen-bond acceptors (Lipinski definition) is 3. The number of aromatic hydroxyl groups is 1. The third-order valence-electron chi connectivity index (χ3n) is 3.22. The number of rotatable bonds is 3. The van der Waals surface area contributed by atoms with Crippen LogP contribution in [0.1, 0.15) is 59.1 Å². The number of nitrogens with zero attached hydrogens (tertiary/aromatic N) is 1. The highest BCUT2D eigenvalue weighted by Gasteiger charge is 2.24. The predicted molar refractivity (Wildman–Crippen MR) is 86.5 cm³/mol. The van der Waals surface area contributed by atoms with Crippen LogP contribution < -0.4 is 0 Å². The Morgan fingerprint density at radius 1 is 1.10 bits per heavy atom. The van der Waals surface area contributed by atoms with Gasteiger partial charge >= 0.3 is 0 Å². The molecule has 0 aromatic heterocycles. The Hall–Kier alpha value is -1.14. The van der Waals surface area contributed by atoms with Crippen molar-refractivity contribution in [3.8, 4) is 11.8 Å². The standard InChI is InChI=1S/C17H25NOS/c1-16(2,3)12-10-13(17(4,5)6)15(19)14(11-12)20-9-7-8-18/h10-11,19H,7,9H2,1-6H3. The van der Waals surface area contributed by atoms with E-state index in [1.54, 1.807) is 11.8 Å². The normalized spacial score (nSPS) is 12.2. The van der Waals surface area contributed by atoms with Gasteiger partial charge in [-0.05, 0) is 22.5 Å². The second-order valence-corrected chi connectivity index (χ2v) is 8.26. The number of hydrogen-bond donors (Lipinski definition) is 1. The summed E-state index contributed by atoms with van der Waals surface area (Å²) >= 11 is 1.56. The summed E-state index contributed by atoms with van der Waals surface area (Å²) in [5.41, 5.74) is 2.14. The molecular weight excluding hydrogens is 266 g/mol. The molecule has 0 spiro atoms. The molecule has 0 bridgehead atoms. The van der Waals surface area contributed by atoms with E-state index in [4.69, 9.17) is 5.26 Å². The molecule has 0 aliphatic carbocycles. The van der Waals surface area contributed by atoms with Gasteiger partial charge in [0, 0.05) is 22.6 Å². The van der Waals surface area contributed by atoms with Crippen molar-refractivity contribution in [2.24, 2.45) is 0 Å². The van der Waals surface area contributed by atoms with E-state index in [2.05, 4.69) is 59.7 Å². The lowest BCUT2D eigenvalue weighted by molar-refractivity contribution is 0.432. The Balaban J connectivity index is 3.32. The van der Waals surface area contributed by atoms with Crippen LogP contribution >= 0.6 is 11.8 Å². The Labute approximate surface area is 127 Å². The average Bonchev–Trinajstić information content (AvgIpc) is 2.28. The highest BCUT2D eigenvalue weighted by atomic mass is 32.2. The summed E-state index contributed by atoms with van der Waals surface area (Å²) in [4.78, 5) is 0.887. The molecule has 1 N–H and O–H groups in total. The number of thioether (sulfide) groups is 1. The van der Waals surface area contributed by atoms with E-state index in [0.717, 1.165) is 10.5 Å². The van der Waals surface area contributed by atoms with Crippen molar-refractivity contribution >= 4 is 11.8 Å². The van der Waals surface area contributed by atoms with Gasteiger partial charge in [-0.25, -0.2) is 0 Å². The monoisotopic (exact) mass is 291 g/mol. The van der Waals surface area contributed by atoms with Crippen molar-refractivity contribution in [3.63, 3.8) is 0 Å². The third kappa shape index (κ3) is 4.18. The summed E-state index contributed by atoms with van der Waals surface area (Å²) in [6.45, 7) is 12.9. The molecule has 0 saturated heterocycles. The first-order valence-electron chi connectivity index (χ1n) is 6.95. The van der Waals surface area contributed by atoms with E-state index >= 15 is 0 Å². The number of nitriles is 1. The van der Waals surface area contributed by atoms with E-state index in [0.29, 0.717) is 17.9 Å². The van der Waals surface area contributed by atoms with Crippen LogP contribution in [0, 0.1) is 11.3 Å². The molecule has 1 aromatic carbocycles. The second kappa shape index (κ2) is 6.10. The van der Waals surface area contributed by atoms with Gasteiger partial charge in [0.15, 0.2) is 0 Å². The zero-order valence-corrected chi connectivity index (χ0v) is 14.2. The van der Waals surface area contributed by atoms with E-state index in [-0.39, 0.29) is 10.8 Å². The third-order valence-corrected chi connectivity index (χ3v) is 4.25. The van der Waals surface area contributed by atoms with Crippen LogP contribution in [0.5, 0.6) is 5.75 Å². The Bertz CT molecular complexity index is 516. The molecule has 0 aliphatic rings. The van der Waals surface area contributed by atoms with Gasteiger partial charge in [0.2, 0.25) is 0 Å². The number of benzene rings is 1. The maximum Gasteiger partial charge on any atom is 0.132 e. The van der Waals surface area contributed by atoms with Crippen LogP contribution in [0.2, 0.25) is 0 Å². The van der Waals surface area contributed by atoms with Gasteiger partial charge in [-0.1, -0.05) is 47.6 Å². The summed E-state index contributed by atoms with van der Waals surface area (Å²) in [6.07, 6.45) is 0.495. The van der Waals surface area contributed by atoms with Crippen LogP contribution in [-0.2, 0) is 10.8 Å². The second-order valence-electron chi connectivity index (χ2n) is 7.13. The zero-order valence-electron chi connectivity index (χ0n) is 13.4.